The van der Waals surface area contributed by atoms with Crippen LogP contribution in [0.2, 0.25) is 5.02 Å². The molecule has 286 valence electrons. The molecule has 4 rings (SSSR count). The van der Waals surface area contributed by atoms with Crippen LogP contribution in [0.25, 0.3) is 0 Å². The summed E-state index contributed by atoms with van der Waals surface area (Å²) in [7, 11) is 3.03. The van der Waals surface area contributed by atoms with Gasteiger partial charge in [0.1, 0.15) is 18.0 Å². The van der Waals surface area contributed by atoms with Gasteiger partial charge in [0.05, 0.1) is 45.6 Å². The zero-order valence-electron chi connectivity index (χ0n) is 31.6. The van der Waals surface area contributed by atoms with Crippen molar-refractivity contribution in [2.75, 3.05) is 44.2 Å². The Hall–Kier alpha value is -4.81. The summed E-state index contributed by atoms with van der Waals surface area (Å²) in [6, 6.07) is 15.8. The van der Waals surface area contributed by atoms with Crippen LogP contribution in [0.5, 0.6) is 17.2 Å². The Morgan fingerprint density at radius 3 is 2.40 bits per heavy atom. The Morgan fingerprint density at radius 2 is 1.74 bits per heavy atom. The van der Waals surface area contributed by atoms with E-state index in [9.17, 15) is 19.2 Å². The zero-order valence-corrected chi connectivity index (χ0v) is 32.3. The number of halogens is 1. The fourth-order valence-corrected chi connectivity index (χ4v) is 6.21. The van der Waals surface area contributed by atoms with E-state index in [0.29, 0.717) is 51.2 Å². The molecular formula is C40H49ClN2O10. The summed E-state index contributed by atoms with van der Waals surface area (Å²) in [6.45, 7) is 11.0. The van der Waals surface area contributed by atoms with E-state index in [4.69, 9.17) is 40.0 Å². The number of methoxy groups -OCH3 is 2. The maximum Gasteiger partial charge on any atom is 0.306 e. The first kappa shape index (κ1) is 41.0. The Morgan fingerprint density at radius 1 is 0.981 bits per heavy atom. The number of rotatable bonds is 16. The molecule has 1 N–H and O–H groups in total. The van der Waals surface area contributed by atoms with Crippen LogP contribution in [0, 0.1) is 5.41 Å². The molecule has 0 aliphatic carbocycles. The lowest BCUT2D eigenvalue weighted by Gasteiger charge is -2.33. The van der Waals surface area contributed by atoms with E-state index < -0.39 is 35.4 Å². The lowest BCUT2D eigenvalue weighted by molar-refractivity contribution is -0.144. The molecule has 0 bridgehead atoms. The lowest BCUT2D eigenvalue weighted by atomic mass is 9.92. The Bertz CT molecular complexity index is 1790. The number of anilines is 2. The number of ether oxygens (including phenoxy) is 6. The monoisotopic (exact) mass is 752 g/mol. The smallest absolute Gasteiger partial charge is 0.306 e. The van der Waals surface area contributed by atoms with Crippen LogP contribution in [0.3, 0.4) is 0 Å². The third-order valence-corrected chi connectivity index (χ3v) is 8.58. The number of benzene rings is 3. The van der Waals surface area contributed by atoms with Crippen molar-refractivity contribution in [1.82, 2.24) is 0 Å². The number of amides is 2. The molecule has 0 saturated heterocycles. The van der Waals surface area contributed by atoms with E-state index in [1.165, 1.54) is 21.1 Å². The standard InChI is InChI=1S/C40H49ClN2O10/c1-9-50-36(46)18-14-26-13-17-32(52-24(2)3)30(19-26)42-35(45)21-34-39(47)43(22-40(5,6)23-51-25(4)44)31-16-15-27(41)20-29(31)37(53-34)28-11-10-12-33(48-7)38(28)49-8/h10-13,15-17,19-20,24,34,37H,9,14,18,21-23H2,1-8H3,(H,42,45)/t34-,37-/m1/s1. The molecule has 3 aromatic carbocycles. The third kappa shape index (κ3) is 10.9. The number of aryl methyl sites for hydroxylation is 1. The minimum atomic E-state index is -1.30. The first-order valence-electron chi connectivity index (χ1n) is 17.5. The highest BCUT2D eigenvalue weighted by Crippen LogP contribution is 2.46. The summed E-state index contributed by atoms with van der Waals surface area (Å²) in [5, 5.41) is 3.33. The predicted octanol–water partition coefficient (Wildman–Crippen LogP) is 7.08. The molecule has 0 spiro atoms. The average Bonchev–Trinajstić information content (AvgIpc) is 3.20. The molecule has 2 atom stereocenters. The maximum absolute atomic E-state index is 14.7. The highest BCUT2D eigenvalue weighted by molar-refractivity contribution is 6.30. The van der Waals surface area contributed by atoms with E-state index >= 15 is 0 Å². The van der Waals surface area contributed by atoms with Crippen LogP contribution in [0.4, 0.5) is 11.4 Å². The third-order valence-electron chi connectivity index (χ3n) is 8.35. The van der Waals surface area contributed by atoms with Crippen LogP contribution in [-0.2, 0) is 39.8 Å². The second kappa shape index (κ2) is 18.3. The Labute approximate surface area is 316 Å². The van der Waals surface area contributed by atoms with Crippen LogP contribution >= 0.6 is 11.6 Å². The van der Waals surface area contributed by atoms with Gasteiger partial charge >= 0.3 is 11.9 Å². The lowest BCUT2D eigenvalue weighted by Crippen LogP contribution is -2.46. The minimum Gasteiger partial charge on any atom is -0.493 e. The molecule has 0 unspecified atom stereocenters. The van der Waals surface area contributed by atoms with Gasteiger partial charge in [0.2, 0.25) is 5.91 Å². The van der Waals surface area contributed by atoms with E-state index in [0.717, 1.165) is 5.56 Å². The molecule has 0 fully saturated rings. The predicted molar refractivity (Wildman–Crippen MR) is 201 cm³/mol. The normalized spacial score (nSPS) is 15.7. The number of carbonyl (C=O) groups is 4. The van der Waals surface area contributed by atoms with Crippen molar-refractivity contribution in [3.05, 3.63) is 76.3 Å². The van der Waals surface area contributed by atoms with Crippen LogP contribution in [0.1, 0.15) is 77.2 Å². The summed E-state index contributed by atoms with van der Waals surface area (Å²) in [6.07, 6.45) is -2.25. The van der Waals surface area contributed by atoms with Gasteiger partial charge in [0.25, 0.3) is 5.91 Å². The quantitative estimate of drug-likeness (QED) is 0.151. The van der Waals surface area contributed by atoms with Crippen molar-refractivity contribution < 1.29 is 47.6 Å². The molecule has 3 aromatic rings. The van der Waals surface area contributed by atoms with Gasteiger partial charge in [-0.25, -0.2) is 0 Å². The van der Waals surface area contributed by atoms with E-state index in [2.05, 4.69) is 5.32 Å². The number of nitrogens with one attached hydrogen (secondary N) is 1. The van der Waals surface area contributed by atoms with Gasteiger partial charge in [-0.1, -0.05) is 43.6 Å². The number of hydrogen-bond donors (Lipinski definition) is 1. The van der Waals surface area contributed by atoms with E-state index in [1.807, 2.05) is 33.8 Å². The van der Waals surface area contributed by atoms with Gasteiger partial charge in [0, 0.05) is 47.1 Å². The van der Waals surface area contributed by atoms with Crippen molar-refractivity contribution in [3.8, 4) is 17.2 Å². The molecule has 0 radical (unpaired) electrons. The fraction of sp³-hybridized carbons (Fsp3) is 0.450. The van der Waals surface area contributed by atoms with Crippen LogP contribution in [-0.4, -0.2) is 69.9 Å². The molecule has 1 aliphatic heterocycles. The molecule has 2 amide bonds. The van der Waals surface area contributed by atoms with Crippen molar-refractivity contribution >= 4 is 46.7 Å². The summed E-state index contributed by atoms with van der Waals surface area (Å²) in [4.78, 5) is 54.0. The molecular weight excluding hydrogens is 704 g/mol. The van der Waals surface area contributed by atoms with Crippen molar-refractivity contribution in [3.63, 3.8) is 0 Å². The summed E-state index contributed by atoms with van der Waals surface area (Å²) < 4.78 is 34.5. The Kier molecular flexibility index (Phi) is 14.1. The van der Waals surface area contributed by atoms with E-state index in [1.54, 1.807) is 60.4 Å². The number of nitrogens with zero attached hydrogens (tertiary/aromatic N) is 1. The first-order chi connectivity index (χ1) is 25.2. The average molecular weight is 753 g/mol. The van der Waals surface area contributed by atoms with Gasteiger partial charge in [-0.3, -0.25) is 19.2 Å². The zero-order chi connectivity index (χ0) is 38.9. The molecule has 13 heteroatoms. The summed E-state index contributed by atoms with van der Waals surface area (Å²) in [5.41, 5.74) is 2.08. The molecule has 0 saturated carbocycles. The summed E-state index contributed by atoms with van der Waals surface area (Å²) >= 11 is 6.57. The topological polar surface area (TPSA) is 139 Å². The van der Waals surface area contributed by atoms with Gasteiger partial charge in [0.15, 0.2) is 11.5 Å². The second-order valence-electron chi connectivity index (χ2n) is 13.7. The number of esters is 2. The van der Waals surface area contributed by atoms with Crippen molar-refractivity contribution in [1.29, 1.82) is 0 Å². The molecule has 12 nitrogen and oxygen atoms in total. The van der Waals surface area contributed by atoms with Crippen LogP contribution in [0.15, 0.2) is 54.6 Å². The maximum atomic E-state index is 14.7. The van der Waals surface area contributed by atoms with Gasteiger partial charge in [-0.2, -0.15) is 0 Å². The number of para-hydroxylation sites is 1. The Balaban J connectivity index is 1.77. The summed E-state index contributed by atoms with van der Waals surface area (Å²) in [5.74, 6) is -0.501. The van der Waals surface area contributed by atoms with Crippen LogP contribution < -0.4 is 24.4 Å². The second-order valence-corrected chi connectivity index (χ2v) is 14.2. The number of fused-ring (bicyclic) bond motifs is 1. The highest BCUT2D eigenvalue weighted by atomic mass is 35.5. The van der Waals surface area contributed by atoms with Crippen molar-refractivity contribution in [2.45, 2.75) is 79.1 Å². The highest BCUT2D eigenvalue weighted by Gasteiger charge is 2.41. The van der Waals surface area contributed by atoms with Gasteiger partial charge < -0.3 is 38.6 Å². The minimum absolute atomic E-state index is 0.0410. The first-order valence-corrected chi connectivity index (χ1v) is 17.9. The van der Waals surface area contributed by atoms with Gasteiger partial charge in [-0.05, 0) is 69.2 Å². The van der Waals surface area contributed by atoms with E-state index in [-0.39, 0.29) is 44.7 Å². The largest absolute Gasteiger partial charge is 0.493 e. The molecule has 53 heavy (non-hydrogen) atoms. The van der Waals surface area contributed by atoms with Crippen molar-refractivity contribution in [2.24, 2.45) is 5.41 Å². The molecule has 1 heterocycles. The molecule has 1 aliphatic rings. The number of hydrogen-bond acceptors (Lipinski definition) is 10. The fourth-order valence-electron chi connectivity index (χ4n) is 6.03. The molecule has 0 aromatic heterocycles. The number of carbonyl (C=O) groups excluding carboxylic acids is 4. The van der Waals surface area contributed by atoms with Gasteiger partial charge in [-0.15, -0.1) is 0 Å². The SMILES string of the molecule is CCOC(=O)CCc1ccc(OC(C)C)c(NC(=O)C[C@H]2O[C@H](c3cccc(OC)c3OC)c3cc(Cl)ccc3N(CC(C)(C)COC(C)=O)C2=O)c1.